The van der Waals surface area contributed by atoms with Gasteiger partial charge < -0.3 is 14.2 Å². The number of aryl methyl sites for hydroxylation is 3. The molecule has 0 N–H and O–H groups in total. The van der Waals surface area contributed by atoms with Crippen molar-refractivity contribution in [3.8, 4) is 17.2 Å². The number of halogens is 4. The van der Waals surface area contributed by atoms with E-state index in [0.717, 1.165) is 17.1 Å². The van der Waals surface area contributed by atoms with Gasteiger partial charge in [0.05, 0.1) is 21.3 Å². The molecule has 42 heavy (non-hydrogen) atoms. The van der Waals surface area contributed by atoms with Gasteiger partial charge in [0.15, 0.2) is 0 Å². The molecule has 3 rings (SSSR count). The molecule has 0 aromatic heterocycles. The number of carbonyl (C=O) groups is 1. The van der Waals surface area contributed by atoms with E-state index in [1.807, 2.05) is 49.4 Å². The normalized spacial score (nSPS) is 11.4. The van der Waals surface area contributed by atoms with E-state index in [4.69, 9.17) is 25.8 Å². The minimum Gasteiger partial charge on any atom is -0.497 e. The maximum absolute atomic E-state index is 12.4. The Balaban J connectivity index is 0.000000336. The van der Waals surface area contributed by atoms with Crippen LogP contribution in [0.5, 0.6) is 17.2 Å². The van der Waals surface area contributed by atoms with Crippen LogP contribution in [0, 0.1) is 20.8 Å². The predicted molar refractivity (Wildman–Crippen MR) is 166 cm³/mol. The van der Waals surface area contributed by atoms with Crippen LogP contribution in [-0.4, -0.2) is 39.2 Å². The molecule has 232 valence electrons. The molecular weight excluding hydrogens is 565 g/mol. The Bertz CT molecular complexity index is 1280. The number of hydrogen-bond donors (Lipinski definition) is 0. The number of carbonyl (C=O) groups excluding carboxylic acids is 1. The van der Waals surface area contributed by atoms with Crippen molar-refractivity contribution in [2.45, 2.75) is 71.9 Å². The fourth-order valence-electron chi connectivity index (χ4n) is 4.04. The van der Waals surface area contributed by atoms with Gasteiger partial charge in [-0.15, -0.1) is 11.6 Å². The minimum atomic E-state index is -4.80. The second-order valence-electron chi connectivity index (χ2n) is 11.4. The Morgan fingerprint density at radius 2 is 1.07 bits per heavy atom. The van der Waals surface area contributed by atoms with E-state index in [-0.39, 0.29) is 5.41 Å². The quantitative estimate of drug-likeness (QED) is 0.239. The lowest BCUT2D eigenvalue weighted by Crippen LogP contribution is -2.31. The van der Waals surface area contributed by atoms with Gasteiger partial charge in [-0.3, -0.25) is 4.79 Å². The average molecular weight is 609 g/mol. The highest BCUT2D eigenvalue weighted by Gasteiger charge is 2.42. The highest BCUT2D eigenvalue weighted by Crippen LogP contribution is 2.37. The van der Waals surface area contributed by atoms with Gasteiger partial charge in [-0.25, -0.2) is 0 Å². The summed E-state index contributed by atoms with van der Waals surface area (Å²) in [5.41, 5.74) is 4.20. The van der Waals surface area contributed by atoms with Crippen molar-refractivity contribution in [3.63, 3.8) is 0 Å². The SMILES string of the molecule is COc1ccc(C)cc1.COc1ccc(C)cc1C(C)(C)CC(=O)C(F)(F)F.COc1ccc(C)cc1C(C)(C)CCl. The largest absolute Gasteiger partial charge is 0.497 e. The summed E-state index contributed by atoms with van der Waals surface area (Å²) >= 11 is 5.95. The van der Waals surface area contributed by atoms with E-state index in [2.05, 4.69) is 33.8 Å². The van der Waals surface area contributed by atoms with Crippen LogP contribution < -0.4 is 14.2 Å². The fraction of sp³-hybridized carbons (Fsp3) is 0.441. The van der Waals surface area contributed by atoms with Crippen molar-refractivity contribution in [2.24, 2.45) is 0 Å². The number of alkyl halides is 4. The zero-order valence-electron chi connectivity index (χ0n) is 26.3. The average Bonchev–Trinajstić information content (AvgIpc) is 2.93. The smallest absolute Gasteiger partial charge is 0.450 e. The van der Waals surface area contributed by atoms with E-state index < -0.39 is 23.8 Å². The van der Waals surface area contributed by atoms with Gasteiger partial charge in [0.25, 0.3) is 0 Å². The number of ketones is 1. The third-order valence-corrected chi connectivity index (χ3v) is 7.35. The molecule has 0 atom stereocenters. The Labute approximate surface area is 254 Å². The van der Waals surface area contributed by atoms with Crippen molar-refractivity contribution < 1.29 is 32.2 Å². The molecule has 0 radical (unpaired) electrons. The Kier molecular flexibility index (Phi) is 13.9. The summed E-state index contributed by atoms with van der Waals surface area (Å²) in [6.45, 7) is 13.4. The van der Waals surface area contributed by atoms with Crippen LogP contribution in [0.15, 0.2) is 60.7 Å². The zero-order valence-corrected chi connectivity index (χ0v) is 27.1. The molecule has 0 saturated heterocycles. The topological polar surface area (TPSA) is 44.8 Å². The van der Waals surface area contributed by atoms with Crippen LogP contribution in [-0.2, 0) is 15.6 Å². The number of ether oxygens (including phenoxy) is 3. The summed E-state index contributed by atoms with van der Waals surface area (Å²) < 4.78 is 52.6. The first-order chi connectivity index (χ1) is 19.4. The van der Waals surface area contributed by atoms with Crippen molar-refractivity contribution >= 4 is 17.4 Å². The van der Waals surface area contributed by atoms with Crippen LogP contribution in [0.4, 0.5) is 13.2 Å². The molecule has 0 amide bonds. The predicted octanol–water partition coefficient (Wildman–Crippen LogP) is 9.33. The van der Waals surface area contributed by atoms with Crippen molar-refractivity contribution in [2.75, 3.05) is 27.2 Å². The molecule has 0 aliphatic carbocycles. The summed E-state index contributed by atoms with van der Waals surface area (Å²) in [4.78, 5) is 11.2. The lowest BCUT2D eigenvalue weighted by atomic mass is 9.79. The summed E-state index contributed by atoms with van der Waals surface area (Å²) in [6.07, 6.45) is -5.40. The Morgan fingerprint density at radius 3 is 1.43 bits per heavy atom. The van der Waals surface area contributed by atoms with Crippen LogP contribution in [0.1, 0.15) is 61.9 Å². The van der Waals surface area contributed by atoms with Crippen molar-refractivity contribution in [1.29, 1.82) is 0 Å². The molecule has 4 nitrogen and oxygen atoms in total. The first-order valence-corrected chi connectivity index (χ1v) is 14.0. The third-order valence-electron chi connectivity index (χ3n) is 6.68. The molecule has 0 spiro atoms. The number of benzene rings is 3. The van der Waals surface area contributed by atoms with Gasteiger partial charge in [0.1, 0.15) is 17.2 Å². The minimum absolute atomic E-state index is 0.0427. The second-order valence-corrected chi connectivity index (χ2v) is 11.7. The first-order valence-electron chi connectivity index (χ1n) is 13.5. The molecule has 0 saturated carbocycles. The van der Waals surface area contributed by atoms with Crippen LogP contribution >= 0.6 is 11.6 Å². The van der Waals surface area contributed by atoms with Gasteiger partial charge in [0, 0.05) is 34.3 Å². The van der Waals surface area contributed by atoms with Gasteiger partial charge in [-0.05, 0) is 45.0 Å². The molecule has 0 aliphatic rings. The summed E-state index contributed by atoms with van der Waals surface area (Å²) in [5.74, 6) is 1.20. The fourth-order valence-corrected chi connectivity index (χ4v) is 4.19. The molecule has 0 bridgehead atoms. The lowest BCUT2D eigenvalue weighted by molar-refractivity contribution is -0.172. The van der Waals surface area contributed by atoms with Crippen LogP contribution in [0.25, 0.3) is 0 Å². The maximum atomic E-state index is 12.4. The van der Waals surface area contributed by atoms with E-state index in [1.165, 1.54) is 23.8 Å². The highest BCUT2D eigenvalue weighted by molar-refractivity contribution is 6.18. The summed E-state index contributed by atoms with van der Waals surface area (Å²) in [6, 6.07) is 19.4. The van der Waals surface area contributed by atoms with Gasteiger partial charge in [-0.1, -0.05) is 80.8 Å². The summed E-state index contributed by atoms with van der Waals surface area (Å²) in [5, 5.41) is 0. The summed E-state index contributed by atoms with van der Waals surface area (Å²) in [7, 11) is 4.82. The van der Waals surface area contributed by atoms with E-state index in [1.54, 1.807) is 40.2 Å². The molecular formula is C34H44ClF3O4. The van der Waals surface area contributed by atoms with E-state index >= 15 is 0 Å². The molecule has 8 heteroatoms. The van der Waals surface area contributed by atoms with Crippen molar-refractivity contribution in [1.82, 2.24) is 0 Å². The number of rotatable bonds is 8. The highest BCUT2D eigenvalue weighted by atomic mass is 35.5. The number of Topliss-reactive ketones (excluding diaryl/α,β-unsaturated/α-hetero) is 1. The standard InChI is InChI=1S/C14H17F3O2.C12H17ClO.C8H10O/c1-9-5-6-11(19-4)10(7-9)13(2,3)8-12(18)14(15,16)17;1-9-5-6-11(14-4)10(7-9)12(2,3)8-13;1-7-3-5-8(9-2)6-4-7/h5-7H,8H2,1-4H3;5-7H,8H2,1-4H3;3-6H,1-2H3. The number of hydrogen-bond acceptors (Lipinski definition) is 4. The lowest BCUT2D eigenvalue weighted by Gasteiger charge is -2.27. The van der Waals surface area contributed by atoms with Gasteiger partial charge >= 0.3 is 6.18 Å². The molecule has 0 heterocycles. The second kappa shape index (κ2) is 15.9. The monoisotopic (exact) mass is 608 g/mol. The van der Waals surface area contributed by atoms with E-state index in [9.17, 15) is 18.0 Å². The van der Waals surface area contributed by atoms with Crippen LogP contribution in [0.2, 0.25) is 0 Å². The third kappa shape index (κ3) is 11.2. The van der Waals surface area contributed by atoms with Crippen LogP contribution in [0.3, 0.4) is 0 Å². The first kappa shape index (κ1) is 36.8. The van der Waals surface area contributed by atoms with E-state index in [0.29, 0.717) is 17.2 Å². The molecule has 0 aliphatic heterocycles. The molecule has 3 aromatic rings. The Morgan fingerprint density at radius 1 is 0.667 bits per heavy atom. The Hall–Kier alpha value is -3.19. The zero-order chi connectivity index (χ0) is 32.3. The van der Waals surface area contributed by atoms with Gasteiger partial charge in [0.2, 0.25) is 5.78 Å². The maximum Gasteiger partial charge on any atom is 0.450 e. The number of methoxy groups -OCH3 is 3. The molecule has 0 fully saturated rings. The molecule has 0 unspecified atom stereocenters. The van der Waals surface area contributed by atoms with Crippen molar-refractivity contribution in [3.05, 3.63) is 88.5 Å². The molecule has 3 aromatic carbocycles. The van der Waals surface area contributed by atoms with Gasteiger partial charge in [-0.2, -0.15) is 13.2 Å².